The van der Waals surface area contributed by atoms with Gasteiger partial charge in [0.05, 0.1) is 25.0 Å². The third kappa shape index (κ3) is 8.10. The van der Waals surface area contributed by atoms with Crippen molar-refractivity contribution in [2.24, 2.45) is 0 Å². The third-order valence-corrected chi connectivity index (χ3v) is 8.78. The first-order chi connectivity index (χ1) is 19.5. The molecule has 3 atom stereocenters. The zero-order chi connectivity index (χ0) is 29.6. The number of alkyl halides is 3. The lowest BCUT2D eigenvalue weighted by Gasteiger charge is -2.37. The SMILES string of the molecule is C[C@@H](SC1COC(C=CC=Cc2ccc(S(=O)C(F)(F)F)cc2)OC1)[C@](O)(Cn1cncn1)c1ccc(F)cc1F. The van der Waals surface area contributed by atoms with Crippen LogP contribution in [0.15, 0.2) is 78.2 Å². The van der Waals surface area contributed by atoms with Crippen molar-refractivity contribution in [2.45, 2.75) is 46.3 Å². The Labute approximate surface area is 239 Å². The van der Waals surface area contributed by atoms with Gasteiger partial charge in [-0.2, -0.15) is 18.3 Å². The average molecular weight is 616 g/mol. The molecule has 0 amide bonds. The third-order valence-electron chi connectivity index (χ3n) is 6.20. The number of thioether (sulfide) groups is 1. The summed E-state index contributed by atoms with van der Waals surface area (Å²) in [6.45, 7) is 2.17. The lowest BCUT2D eigenvalue weighted by atomic mass is 9.90. The van der Waals surface area contributed by atoms with Crippen molar-refractivity contribution < 1.29 is 40.7 Å². The van der Waals surface area contributed by atoms with Gasteiger partial charge in [-0.15, -0.1) is 11.8 Å². The molecule has 1 saturated heterocycles. The molecule has 41 heavy (non-hydrogen) atoms. The van der Waals surface area contributed by atoms with E-state index >= 15 is 0 Å². The number of nitrogens with zero attached hydrogens (tertiary/aromatic N) is 3. The largest absolute Gasteiger partial charge is 0.475 e. The first-order valence-electron chi connectivity index (χ1n) is 12.3. The number of rotatable bonds is 10. The molecule has 3 aromatic rings. The van der Waals surface area contributed by atoms with Crippen molar-refractivity contribution in [3.8, 4) is 0 Å². The van der Waals surface area contributed by atoms with Gasteiger partial charge in [-0.1, -0.05) is 43.4 Å². The summed E-state index contributed by atoms with van der Waals surface area (Å²) < 4.78 is 90.3. The summed E-state index contributed by atoms with van der Waals surface area (Å²) in [6.07, 6.45) is 8.68. The van der Waals surface area contributed by atoms with Gasteiger partial charge < -0.3 is 14.6 Å². The van der Waals surface area contributed by atoms with Gasteiger partial charge in [0, 0.05) is 21.8 Å². The van der Waals surface area contributed by atoms with Crippen molar-refractivity contribution in [1.82, 2.24) is 14.8 Å². The molecule has 1 aliphatic heterocycles. The van der Waals surface area contributed by atoms with Crippen molar-refractivity contribution in [3.05, 3.63) is 96.1 Å². The molecular formula is C27H26F5N3O4S2. The van der Waals surface area contributed by atoms with Crippen LogP contribution in [0, 0.1) is 11.6 Å². The first kappa shape index (κ1) is 31.0. The minimum atomic E-state index is -4.81. The molecule has 2 aromatic carbocycles. The second-order valence-corrected chi connectivity index (χ2v) is 12.2. The minimum absolute atomic E-state index is 0.0668. The monoisotopic (exact) mass is 615 g/mol. The van der Waals surface area contributed by atoms with Crippen LogP contribution in [0.4, 0.5) is 22.0 Å². The Balaban J connectivity index is 1.32. The highest BCUT2D eigenvalue weighted by molar-refractivity contribution is 8.00. The molecule has 1 fully saturated rings. The maximum atomic E-state index is 14.7. The first-order valence-corrected chi connectivity index (χ1v) is 14.4. The fourth-order valence-electron chi connectivity index (χ4n) is 4.08. The average Bonchev–Trinajstić information content (AvgIpc) is 3.44. The maximum Gasteiger partial charge on any atom is 0.475 e. The highest BCUT2D eigenvalue weighted by Crippen LogP contribution is 2.38. The topological polar surface area (TPSA) is 86.5 Å². The number of aliphatic hydroxyl groups is 1. The number of ether oxygens (including phenoxy) is 2. The number of hydrogen-bond donors (Lipinski definition) is 1. The zero-order valence-electron chi connectivity index (χ0n) is 21.6. The van der Waals surface area contributed by atoms with Crippen LogP contribution in [0.5, 0.6) is 0 Å². The summed E-state index contributed by atoms with van der Waals surface area (Å²) in [7, 11) is -3.07. The van der Waals surface area contributed by atoms with E-state index < -0.39 is 45.1 Å². The molecule has 7 nitrogen and oxygen atoms in total. The fourth-order valence-corrected chi connectivity index (χ4v) is 6.05. The Bertz CT molecular complexity index is 1380. The van der Waals surface area contributed by atoms with Crippen molar-refractivity contribution in [2.75, 3.05) is 13.2 Å². The number of hydrogen-bond acceptors (Lipinski definition) is 7. The zero-order valence-corrected chi connectivity index (χ0v) is 23.2. The van der Waals surface area contributed by atoms with Crippen LogP contribution in [-0.2, 0) is 32.4 Å². The van der Waals surface area contributed by atoms with Gasteiger partial charge in [-0.05, 0) is 29.8 Å². The van der Waals surface area contributed by atoms with Crippen LogP contribution in [0.25, 0.3) is 6.08 Å². The summed E-state index contributed by atoms with van der Waals surface area (Å²) in [5.41, 5.74) is -6.01. The van der Waals surface area contributed by atoms with E-state index in [2.05, 4.69) is 10.1 Å². The van der Waals surface area contributed by atoms with Crippen LogP contribution in [0.3, 0.4) is 0 Å². The Morgan fingerprint density at radius 2 is 1.85 bits per heavy atom. The number of allylic oxidation sites excluding steroid dienone is 2. The van der Waals surface area contributed by atoms with E-state index in [0.29, 0.717) is 5.56 Å². The highest BCUT2D eigenvalue weighted by atomic mass is 32.2. The molecule has 1 N–H and O–H groups in total. The molecule has 1 unspecified atom stereocenters. The van der Waals surface area contributed by atoms with Crippen molar-refractivity contribution in [3.63, 3.8) is 0 Å². The van der Waals surface area contributed by atoms with Gasteiger partial charge in [0.15, 0.2) is 17.1 Å². The standard InChI is InChI=1S/C27H26F5N3O4S2/c1-18(26(36,15-35-17-33-16-34-35)23-11-8-20(28)12-24(23)29)40-21-13-38-25(39-14-21)5-3-2-4-19-6-9-22(10-7-19)41(37)27(30,31)32/h2-12,16-18,21,25,36H,13-15H2,1H3/t18-,21?,25?,26-,41?/m1/s1. The Kier molecular flexibility index (Phi) is 10.1. The van der Waals surface area contributed by atoms with Crippen molar-refractivity contribution >= 4 is 28.6 Å². The van der Waals surface area contributed by atoms with Crippen molar-refractivity contribution in [1.29, 1.82) is 0 Å². The van der Waals surface area contributed by atoms with Gasteiger partial charge in [0.1, 0.15) is 29.9 Å². The van der Waals surface area contributed by atoms with Gasteiger partial charge >= 0.3 is 5.51 Å². The smallest absolute Gasteiger partial charge is 0.382 e. The summed E-state index contributed by atoms with van der Waals surface area (Å²) in [6, 6.07) is 8.23. The van der Waals surface area contributed by atoms with Gasteiger partial charge in [-0.25, -0.2) is 22.7 Å². The molecule has 0 bridgehead atoms. The van der Waals surface area contributed by atoms with E-state index in [4.69, 9.17) is 9.47 Å². The molecule has 220 valence electrons. The lowest BCUT2D eigenvalue weighted by molar-refractivity contribution is -0.146. The molecule has 0 saturated carbocycles. The number of benzene rings is 2. The molecule has 0 spiro atoms. The van der Waals surface area contributed by atoms with Crippen LogP contribution >= 0.6 is 11.8 Å². The molecule has 1 aliphatic rings. The molecule has 2 heterocycles. The van der Waals surface area contributed by atoms with E-state index in [9.17, 15) is 31.3 Å². The molecule has 1 aromatic heterocycles. The normalized spacial score (nSPS) is 21.2. The predicted octanol–water partition coefficient (Wildman–Crippen LogP) is 5.20. The minimum Gasteiger partial charge on any atom is -0.382 e. The number of halogens is 5. The summed E-state index contributed by atoms with van der Waals surface area (Å²) in [5, 5.41) is 14.9. The van der Waals surface area contributed by atoms with E-state index in [-0.39, 0.29) is 35.5 Å². The van der Waals surface area contributed by atoms with Gasteiger partial charge in [0.25, 0.3) is 0 Å². The number of aromatic nitrogens is 3. The Hall–Kier alpha value is -2.91. The second-order valence-electron chi connectivity index (χ2n) is 9.10. The van der Waals surface area contributed by atoms with Crippen LogP contribution in [0.2, 0.25) is 0 Å². The molecule has 0 radical (unpaired) electrons. The van der Waals surface area contributed by atoms with E-state index in [1.54, 1.807) is 31.2 Å². The maximum absolute atomic E-state index is 14.7. The summed E-state index contributed by atoms with van der Waals surface area (Å²) >= 11 is 1.34. The molecule has 4 rings (SSSR count). The predicted molar refractivity (Wildman–Crippen MR) is 144 cm³/mol. The van der Waals surface area contributed by atoms with Crippen LogP contribution < -0.4 is 0 Å². The van der Waals surface area contributed by atoms with Crippen LogP contribution in [-0.4, -0.2) is 59.6 Å². The molecule has 14 heteroatoms. The van der Waals surface area contributed by atoms with E-state index in [1.165, 1.54) is 47.3 Å². The Morgan fingerprint density at radius 3 is 2.46 bits per heavy atom. The van der Waals surface area contributed by atoms with Crippen LogP contribution in [0.1, 0.15) is 18.1 Å². The molecular weight excluding hydrogens is 589 g/mol. The highest BCUT2D eigenvalue weighted by Gasteiger charge is 2.41. The van der Waals surface area contributed by atoms with E-state index in [0.717, 1.165) is 24.3 Å². The summed E-state index contributed by atoms with van der Waals surface area (Å²) in [5.74, 6) is -1.63. The Morgan fingerprint density at radius 1 is 1.15 bits per heavy atom. The molecule has 0 aliphatic carbocycles. The summed E-state index contributed by atoms with van der Waals surface area (Å²) in [4.78, 5) is 3.54. The van der Waals surface area contributed by atoms with E-state index in [1.807, 2.05) is 0 Å². The lowest BCUT2D eigenvalue weighted by Crippen LogP contribution is -2.43. The quantitative estimate of drug-likeness (QED) is 0.248. The second kappa shape index (κ2) is 13.4. The fraction of sp³-hybridized carbons (Fsp3) is 0.333. The van der Waals surface area contributed by atoms with Gasteiger partial charge in [0.2, 0.25) is 0 Å². The van der Waals surface area contributed by atoms with Gasteiger partial charge in [-0.3, -0.25) is 0 Å².